The molecule has 2 aromatic heterocycles. The second-order valence-corrected chi connectivity index (χ2v) is 6.23. The van der Waals surface area contributed by atoms with Gasteiger partial charge in [-0.2, -0.15) is 26.3 Å². The van der Waals surface area contributed by atoms with Gasteiger partial charge >= 0.3 is 12.4 Å². The molecule has 0 radical (unpaired) electrons. The van der Waals surface area contributed by atoms with Crippen molar-refractivity contribution in [3.8, 4) is 0 Å². The largest absolute Gasteiger partial charge is 0.435 e. The van der Waals surface area contributed by atoms with Gasteiger partial charge in [0.05, 0.1) is 11.3 Å². The summed E-state index contributed by atoms with van der Waals surface area (Å²) in [6.07, 6.45) is -1.76. The fourth-order valence-electron chi connectivity index (χ4n) is 3.13. The molecule has 0 unspecified atom stereocenters. The van der Waals surface area contributed by atoms with Crippen LogP contribution < -0.4 is 4.90 Å². The van der Waals surface area contributed by atoms with Crippen LogP contribution >= 0.6 is 0 Å². The Hall–Kier alpha value is -3.30. The van der Waals surface area contributed by atoms with Gasteiger partial charge in [-0.3, -0.25) is 4.40 Å². The van der Waals surface area contributed by atoms with Gasteiger partial charge in [0.1, 0.15) is 5.69 Å². The van der Waals surface area contributed by atoms with Crippen LogP contribution in [0.15, 0.2) is 61.0 Å². The summed E-state index contributed by atoms with van der Waals surface area (Å²) >= 11 is 0. The minimum Gasteiger partial charge on any atom is -0.336 e. The van der Waals surface area contributed by atoms with E-state index >= 15 is 0 Å². The standard InChI is InChI=1S/C19H12F6N4/c20-18(21,22)12-5-7-13(8-6-12)28-10-2-1-4-14(28)15-16(19(23,24)25)27-17-26-9-3-11-29(15)17/h1-9,11H,10H2. The van der Waals surface area contributed by atoms with Crippen molar-refractivity contribution >= 4 is 17.2 Å². The number of benzene rings is 1. The first-order valence-electron chi connectivity index (χ1n) is 8.38. The Bertz CT molecular complexity index is 1110. The Labute approximate surface area is 160 Å². The second kappa shape index (κ2) is 6.64. The van der Waals surface area contributed by atoms with Gasteiger partial charge in [-0.1, -0.05) is 12.2 Å². The number of halogens is 6. The van der Waals surface area contributed by atoms with E-state index in [2.05, 4.69) is 9.97 Å². The predicted molar refractivity (Wildman–Crippen MR) is 93.9 cm³/mol. The van der Waals surface area contributed by atoms with Crippen molar-refractivity contribution in [2.75, 3.05) is 11.4 Å². The fourth-order valence-corrected chi connectivity index (χ4v) is 3.13. The molecule has 0 N–H and O–H groups in total. The molecule has 4 nitrogen and oxygen atoms in total. The SMILES string of the molecule is FC(F)(F)c1ccc(N2CC=CC=C2c2c(C(F)(F)F)nc3ncccn23)cc1. The molecule has 1 aromatic carbocycles. The molecular formula is C19H12F6N4. The van der Waals surface area contributed by atoms with Crippen LogP contribution in [-0.4, -0.2) is 20.9 Å². The molecule has 10 heteroatoms. The molecule has 0 saturated heterocycles. The lowest BCUT2D eigenvalue weighted by Crippen LogP contribution is -2.26. The zero-order chi connectivity index (χ0) is 20.8. The van der Waals surface area contributed by atoms with Gasteiger partial charge in [-0.05, 0) is 36.4 Å². The van der Waals surface area contributed by atoms with Crippen molar-refractivity contribution in [1.82, 2.24) is 14.4 Å². The van der Waals surface area contributed by atoms with E-state index in [9.17, 15) is 26.3 Å². The van der Waals surface area contributed by atoms with Crippen LogP contribution in [0.25, 0.3) is 11.5 Å². The molecule has 29 heavy (non-hydrogen) atoms. The number of rotatable bonds is 2. The number of alkyl halides is 6. The highest BCUT2D eigenvalue weighted by molar-refractivity contribution is 5.82. The maximum absolute atomic E-state index is 13.7. The molecule has 3 aromatic rings. The third kappa shape index (κ3) is 3.45. The highest BCUT2D eigenvalue weighted by Crippen LogP contribution is 2.38. The Balaban J connectivity index is 1.86. The summed E-state index contributed by atoms with van der Waals surface area (Å²) in [5.74, 6) is -0.127. The molecule has 4 rings (SSSR count). The summed E-state index contributed by atoms with van der Waals surface area (Å²) in [6, 6.07) is 5.72. The van der Waals surface area contributed by atoms with Gasteiger partial charge < -0.3 is 4.90 Å². The van der Waals surface area contributed by atoms with Gasteiger partial charge in [0.25, 0.3) is 0 Å². The van der Waals surface area contributed by atoms with Crippen LogP contribution in [0.5, 0.6) is 0 Å². The molecule has 1 aliphatic rings. The highest BCUT2D eigenvalue weighted by atomic mass is 19.4. The van der Waals surface area contributed by atoms with Crippen LogP contribution in [0.3, 0.4) is 0 Å². The van der Waals surface area contributed by atoms with E-state index in [1.807, 2.05) is 0 Å². The van der Waals surface area contributed by atoms with Gasteiger partial charge in [-0.15, -0.1) is 0 Å². The number of nitrogens with zero attached hydrogens (tertiary/aromatic N) is 4. The third-order valence-electron chi connectivity index (χ3n) is 4.39. The number of imidazole rings is 1. The monoisotopic (exact) mass is 410 g/mol. The quantitative estimate of drug-likeness (QED) is 0.546. The number of hydrogen-bond acceptors (Lipinski definition) is 3. The van der Waals surface area contributed by atoms with Crippen molar-refractivity contribution in [2.45, 2.75) is 12.4 Å². The lowest BCUT2D eigenvalue weighted by molar-refractivity contribution is -0.141. The van der Waals surface area contributed by atoms with E-state index in [1.54, 1.807) is 12.2 Å². The van der Waals surface area contributed by atoms with E-state index in [4.69, 9.17) is 0 Å². The number of allylic oxidation sites excluding steroid dienone is 2. The molecule has 150 valence electrons. The van der Waals surface area contributed by atoms with Crippen LogP contribution in [0, 0.1) is 0 Å². The molecule has 0 bridgehead atoms. The average molecular weight is 410 g/mol. The number of fused-ring (bicyclic) bond motifs is 1. The first-order valence-corrected chi connectivity index (χ1v) is 8.38. The van der Waals surface area contributed by atoms with E-state index < -0.39 is 23.6 Å². The van der Waals surface area contributed by atoms with E-state index in [-0.39, 0.29) is 23.7 Å². The van der Waals surface area contributed by atoms with Crippen molar-refractivity contribution in [3.63, 3.8) is 0 Å². The molecule has 0 saturated carbocycles. The molecule has 0 amide bonds. The van der Waals surface area contributed by atoms with Gasteiger partial charge in [0.15, 0.2) is 5.69 Å². The summed E-state index contributed by atoms with van der Waals surface area (Å²) < 4.78 is 80.7. The molecule has 0 aliphatic carbocycles. The van der Waals surface area contributed by atoms with E-state index in [0.29, 0.717) is 5.69 Å². The van der Waals surface area contributed by atoms with Crippen LogP contribution in [-0.2, 0) is 12.4 Å². The van der Waals surface area contributed by atoms with Gasteiger partial charge in [0, 0.05) is 24.6 Å². The second-order valence-electron chi connectivity index (χ2n) is 6.23. The minimum absolute atomic E-state index is 0.127. The topological polar surface area (TPSA) is 33.4 Å². The van der Waals surface area contributed by atoms with Crippen molar-refractivity contribution in [1.29, 1.82) is 0 Å². The normalized spacial score (nSPS) is 15.1. The van der Waals surface area contributed by atoms with Gasteiger partial charge in [0.2, 0.25) is 5.78 Å². The number of hydrogen-bond donors (Lipinski definition) is 0. The highest BCUT2D eigenvalue weighted by Gasteiger charge is 2.40. The summed E-state index contributed by atoms with van der Waals surface area (Å²) in [5, 5.41) is 0. The maximum Gasteiger partial charge on any atom is 0.435 e. The van der Waals surface area contributed by atoms with Crippen molar-refractivity contribution in [3.05, 3.63) is 77.9 Å². The zero-order valence-electron chi connectivity index (χ0n) is 14.5. The van der Waals surface area contributed by atoms with Crippen LogP contribution in [0.1, 0.15) is 17.0 Å². The van der Waals surface area contributed by atoms with Crippen LogP contribution in [0.2, 0.25) is 0 Å². The summed E-state index contributed by atoms with van der Waals surface area (Å²) in [5.41, 5.74) is -1.71. The Morgan fingerprint density at radius 3 is 2.31 bits per heavy atom. The number of aromatic nitrogens is 3. The Morgan fingerprint density at radius 1 is 0.931 bits per heavy atom. The van der Waals surface area contributed by atoms with E-state index in [0.717, 1.165) is 12.1 Å². The molecule has 1 aliphatic heterocycles. The predicted octanol–water partition coefficient (Wildman–Crippen LogP) is 5.18. The maximum atomic E-state index is 13.7. The Kier molecular flexibility index (Phi) is 4.36. The average Bonchev–Trinajstić information content (AvgIpc) is 3.07. The lowest BCUT2D eigenvalue weighted by Gasteiger charge is -2.29. The minimum atomic E-state index is -4.74. The van der Waals surface area contributed by atoms with Crippen LogP contribution in [0.4, 0.5) is 32.0 Å². The summed E-state index contributed by atoms with van der Waals surface area (Å²) in [4.78, 5) is 8.98. The Morgan fingerprint density at radius 2 is 1.66 bits per heavy atom. The molecule has 3 heterocycles. The first-order chi connectivity index (χ1) is 13.7. The number of anilines is 1. The first kappa shape index (κ1) is 19.0. The molecular weight excluding hydrogens is 398 g/mol. The van der Waals surface area contributed by atoms with Crippen molar-refractivity contribution < 1.29 is 26.3 Å². The fraction of sp³-hybridized carbons (Fsp3) is 0.158. The van der Waals surface area contributed by atoms with E-state index in [1.165, 1.54) is 46.0 Å². The summed E-state index contributed by atoms with van der Waals surface area (Å²) in [6.45, 7) is 0.183. The van der Waals surface area contributed by atoms with Crippen molar-refractivity contribution in [2.24, 2.45) is 0 Å². The molecule has 0 spiro atoms. The summed E-state index contributed by atoms with van der Waals surface area (Å²) in [7, 11) is 0. The molecule has 0 fully saturated rings. The molecule has 0 atom stereocenters. The lowest BCUT2D eigenvalue weighted by atomic mass is 10.1. The zero-order valence-corrected chi connectivity index (χ0v) is 14.5. The smallest absolute Gasteiger partial charge is 0.336 e. The third-order valence-corrected chi connectivity index (χ3v) is 4.39. The van der Waals surface area contributed by atoms with Gasteiger partial charge in [-0.25, -0.2) is 9.97 Å².